The number of hydrogen-bond donors (Lipinski definition) is 1. The van der Waals surface area contributed by atoms with Crippen LogP contribution in [0.15, 0.2) is 53.1 Å². The molecule has 9 heteroatoms. The third-order valence-electron chi connectivity index (χ3n) is 5.11. The second-order valence-electron chi connectivity index (χ2n) is 6.92. The maximum atomic E-state index is 13.1. The molecule has 2 unspecified atom stereocenters. The first-order chi connectivity index (χ1) is 14.0. The third-order valence-corrected chi connectivity index (χ3v) is 5.98. The number of amides is 1. The van der Waals surface area contributed by atoms with Crippen molar-refractivity contribution >= 4 is 28.7 Å². The lowest BCUT2D eigenvalue weighted by molar-refractivity contribution is -0.384. The number of aliphatic hydroxyl groups excluding tert-OH is 1. The smallest absolute Gasteiger partial charge is 0.290 e. The van der Waals surface area contributed by atoms with Crippen molar-refractivity contribution in [2.24, 2.45) is 0 Å². The van der Waals surface area contributed by atoms with Gasteiger partial charge in [0.05, 0.1) is 27.5 Å². The summed E-state index contributed by atoms with van der Waals surface area (Å²) in [5, 5.41) is 23.5. The lowest BCUT2D eigenvalue weighted by atomic mass is 9.95. The number of hydrogen-bond acceptors (Lipinski definition) is 7. The third kappa shape index (κ3) is 3.54. The average molecular weight is 414 g/mol. The molecule has 1 fully saturated rings. The van der Waals surface area contributed by atoms with Gasteiger partial charge in [0.15, 0.2) is 5.76 Å². The Bertz CT molecular complexity index is 994. The Morgan fingerprint density at radius 3 is 2.83 bits per heavy atom. The minimum Gasteiger partial charge on any atom is -0.503 e. The fourth-order valence-electron chi connectivity index (χ4n) is 3.78. The van der Waals surface area contributed by atoms with Crippen molar-refractivity contribution in [2.75, 3.05) is 13.2 Å². The largest absolute Gasteiger partial charge is 0.503 e. The van der Waals surface area contributed by atoms with Crippen LogP contribution in [0.1, 0.15) is 34.1 Å². The van der Waals surface area contributed by atoms with Crippen molar-refractivity contribution in [1.29, 1.82) is 0 Å². The monoisotopic (exact) mass is 414 g/mol. The highest BCUT2D eigenvalue weighted by Crippen LogP contribution is 2.40. The van der Waals surface area contributed by atoms with E-state index in [0.29, 0.717) is 17.0 Å². The molecule has 0 saturated carbocycles. The topological polar surface area (TPSA) is 110 Å². The van der Waals surface area contributed by atoms with E-state index in [0.717, 1.165) is 12.8 Å². The van der Waals surface area contributed by atoms with E-state index in [1.807, 2.05) is 0 Å². The molecule has 3 heterocycles. The lowest BCUT2D eigenvalue weighted by Crippen LogP contribution is -2.37. The van der Waals surface area contributed by atoms with Crippen LogP contribution in [-0.2, 0) is 9.53 Å². The van der Waals surface area contributed by atoms with Crippen LogP contribution >= 0.6 is 11.3 Å². The number of nitro groups is 1. The summed E-state index contributed by atoms with van der Waals surface area (Å²) < 4.78 is 5.63. The number of thiophene rings is 1. The molecule has 1 amide bonds. The number of nitro benzene ring substituents is 1. The van der Waals surface area contributed by atoms with E-state index in [4.69, 9.17) is 4.74 Å². The van der Waals surface area contributed by atoms with Crippen LogP contribution in [-0.4, -0.2) is 45.9 Å². The summed E-state index contributed by atoms with van der Waals surface area (Å²) >= 11 is 1.20. The Kier molecular flexibility index (Phi) is 5.16. The summed E-state index contributed by atoms with van der Waals surface area (Å²) in [6, 6.07) is 8.21. The van der Waals surface area contributed by atoms with Gasteiger partial charge in [0.1, 0.15) is 0 Å². The minimum atomic E-state index is -0.916. The van der Waals surface area contributed by atoms with Crippen molar-refractivity contribution in [2.45, 2.75) is 25.0 Å². The number of ether oxygens (including phenoxy) is 1. The molecule has 2 aliphatic rings. The zero-order valence-corrected chi connectivity index (χ0v) is 16.1. The summed E-state index contributed by atoms with van der Waals surface area (Å²) in [6.07, 6.45) is 1.43. The molecule has 2 aliphatic heterocycles. The first kappa shape index (κ1) is 19.3. The minimum absolute atomic E-state index is 0.0593. The van der Waals surface area contributed by atoms with Crippen LogP contribution in [0.3, 0.4) is 0 Å². The number of nitrogens with zero attached hydrogens (tertiary/aromatic N) is 2. The molecule has 0 bridgehead atoms. The van der Waals surface area contributed by atoms with Crippen molar-refractivity contribution in [3.8, 4) is 0 Å². The van der Waals surface area contributed by atoms with Gasteiger partial charge in [-0.3, -0.25) is 19.7 Å². The molecule has 0 spiro atoms. The number of rotatable bonds is 6. The van der Waals surface area contributed by atoms with Crippen LogP contribution < -0.4 is 0 Å². The Hall–Kier alpha value is -3.04. The molecule has 1 saturated heterocycles. The highest BCUT2D eigenvalue weighted by Gasteiger charge is 2.45. The van der Waals surface area contributed by atoms with Gasteiger partial charge < -0.3 is 14.7 Å². The van der Waals surface area contributed by atoms with E-state index in [9.17, 15) is 24.8 Å². The maximum Gasteiger partial charge on any atom is 0.290 e. The molecule has 1 aromatic carbocycles. The van der Waals surface area contributed by atoms with Crippen molar-refractivity contribution in [3.63, 3.8) is 0 Å². The first-order valence-electron chi connectivity index (χ1n) is 9.15. The van der Waals surface area contributed by atoms with E-state index >= 15 is 0 Å². The second kappa shape index (κ2) is 7.76. The molecule has 1 N–H and O–H groups in total. The summed E-state index contributed by atoms with van der Waals surface area (Å²) in [5.41, 5.74) is 0.187. The Morgan fingerprint density at radius 2 is 2.17 bits per heavy atom. The Labute approximate surface area is 170 Å². The van der Waals surface area contributed by atoms with E-state index in [1.165, 1.54) is 34.4 Å². The maximum absolute atomic E-state index is 13.1. The Balaban J connectivity index is 1.79. The molecule has 0 radical (unpaired) electrons. The normalized spacial score (nSPS) is 21.8. The molecule has 150 valence electrons. The zero-order valence-electron chi connectivity index (χ0n) is 15.3. The number of carbonyl (C=O) groups excluding carboxylic acids is 2. The van der Waals surface area contributed by atoms with E-state index in [1.54, 1.807) is 23.6 Å². The van der Waals surface area contributed by atoms with Crippen molar-refractivity contribution in [1.82, 2.24) is 4.90 Å². The van der Waals surface area contributed by atoms with Gasteiger partial charge in [0.25, 0.3) is 11.6 Å². The SMILES string of the molecule is O=C(C1=C(O)C(=O)N(CC2CCCO2)C1c1cccc([N+](=O)[O-])c1)c1cccs1. The number of carbonyl (C=O) groups is 2. The van der Waals surface area contributed by atoms with Gasteiger partial charge in [-0.05, 0) is 29.9 Å². The summed E-state index contributed by atoms with van der Waals surface area (Å²) in [7, 11) is 0. The van der Waals surface area contributed by atoms with Gasteiger partial charge in [0, 0.05) is 25.3 Å². The van der Waals surface area contributed by atoms with E-state index in [2.05, 4.69) is 0 Å². The van der Waals surface area contributed by atoms with Crippen LogP contribution in [0.2, 0.25) is 0 Å². The zero-order chi connectivity index (χ0) is 20.5. The molecule has 0 aliphatic carbocycles. The number of aliphatic hydroxyl groups is 1. The lowest BCUT2D eigenvalue weighted by Gasteiger charge is -2.28. The highest BCUT2D eigenvalue weighted by atomic mass is 32.1. The van der Waals surface area contributed by atoms with E-state index in [-0.39, 0.29) is 23.9 Å². The van der Waals surface area contributed by atoms with Gasteiger partial charge in [0.2, 0.25) is 5.78 Å². The summed E-state index contributed by atoms with van der Waals surface area (Å²) in [6.45, 7) is 0.784. The molecule has 4 rings (SSSR count). The average Bonchev–Trinajstić information content (AvgIpc) is 3.46. The molecular formula is C20H18N2O6S. The first-order valence-corrected chi connectivity index (χ1v) is 10.0. The standard InChI is InChI=1S/C20H18N2O6S/c23-18(15-7-3-9-29-15)16-17(12-4-1-5-13(10-12)22(26)27)21(20(25)19(16)24)11-14-6-2-8-28-14/h1,3-5,7,9-10,14,17,24H,2,6,8,11H2. The molecule has 2 atom stereocenters. The Morgan fingerprint density at radius 1 is 1.34 bits per heavy atom. The summed E-state index contributed by atoms with van der Waals surface area (Å²) in [4.78, 5) is 38.4. The van der Waals surface area contributed by atoms with Gasteiger partial charge in [-0.2, -0.15) is 0 Å². The number of Topliss-reactive ketones (excluding diaryl/α,β-unsaturated/α-hetero) is 1. The molecule has 2 aromatic rings. The fourth-order valence-corrected chi connectivity index (χ4v) is 4.45. The highest BCUT2D eigenvalue weighted by molar-refractivity contribution is 7.12. The molecule has 29 heavy (non-hydrogen) atoms. The van der Waals surface area contributed by atoms with Crippen LogP contribution in [0.4, 0.5) is 5.69 Å². The van der Waals surface area contributed by atoms with E-state index < -0.39 is 28.4 Å². The predicted octanol–water partition coefficient (Wildman–Crippen LogP) is 3.41. The summed E-state index contributed by atoms with van der Waals surface area (Å²) in [5.74, 6) is -1.74. The van der Waals surface area contributed by atoms with Gasteiger partial charge in [-0.15, -0.1) is 11.3 Å². The van der Waals surface area contributed by atoms with Gasteiger partial charge in [-0.25, -0.2) is 0 Å². The van der Waals surface area contributed by atoms with Gasteiger partial charge in [-0.1, -0.05) is 18.2 Å². The van der Waals surface area contributed by atoms with Crippen molar-refractivity contribution < 1.29 is 24.4 Å². The second-order valence-corrected chi connectivity index (χ2v) is 7.86. The van der Waals surface area contributed by atoms with Gasteiger partial charge >= 0.3 is 0 Å². The molecule has 1 aromatic heterocycles. The molecule has 8 nitrogen and oxygen atoms in total. The van der Waals surface area contributed by atoms with Crippen LogP contribution in [0.25, 0.3) is 0 Å². The van der Waals surface area contributed by atoms with Crippen molar-refractivity contribution in [3.05, 3.63) is 73.7 Å². The van der Waals surface area contributed by atoms with Crippen LogP contribution in [0.5, 0.6) is 0 Å². The molecular weight excluding hydrogens is 396 g/mol. The van der Waals surface area contributed by atoms with Crippen LogP contribution in [0, 0.1) is 10.1 Å². The quantitative estimate of drug-likeness (QED) is 0.441. The fraction of sp³-hybridized carbons (Fsp3) is 0.300. The number of ketones is 1. The number of benzene rings is 1. The number of non-ortho nitro benzene ring substituents is 1. The predicted molar refractivity (Wildman–Crippen MR) is 105 cm³/mol.